The minimum atomic E-state index is -0.624. The van der Waals surface area contributed by atoms with Gasteiger partial charge in [-0.05, 0) is 18.6 Å². The Hall–Kier alpha value is -1.71. The molecule has 1 rings (SSSR count). The second kappa shape index (κ2) is 2.73. The van der Waals surface area contributed by atoms with Crippen LogP contribution >= 0.6 is 0 Å². The molecule has 1 amide bonds. The van der Waals surface area contributed by atoms with Crippen molar-refractivity contribution in [3.8, 4) is 5.75 Å². The number of carbonyl (C=O) groups is 1. The van der Waals surface area contributed by atoms with Crippen molar-refractivity contribution in [2.24, 2.45) is 5.73 Å². The van der Waals surface area contributed by atoms with Crippen LogP contribution in [0.15, 0.2) is 12.1 Å². The molecule has 0 aromatic heterocycles. The third kappa shape index (κ3) is 1.18. The monoisotopic (exact) mass is 166 g/mol. The van der Waals surface area contributed by atoms with Crippen molar-refractivity contribution < 1.29 is 9.90 Å². The van der Waals surface area contributed by atoms with Crippen LogP contribution in [0.3, 0.4) is 0 Å². The summed E-state index contributed by atoms with van der Waals surface area (Å²) in [6, 6.07) is 3.02. The van der Waals surface area contributed by atoms with Gasteiger partial charge < -0.3 is 16.6 Å². The Morgan fingerprint density at radius 2 is 2.08 bits per heavy atom. The first-order chi connectivity index (χ1) is 5.54. The molecule has 0 aliphatic carbocycles. The van der Waals surface area contributed by atoms with E-state index in [9.17, 15) is 4.79 Å². The van der Waals surface area contributed by atoms with Crippen LogP contribution < -0.4 is 11.5 Å². The van der Waals surface area contributed by atoms with Crippen LogP contribution in [0.4, 0.5) is 5.69 Å². The minimum Gasteiger partial charge on any atom is -0.506 e. The van der Waals surface area contributed by atoms with Gasteiger partial charge in [-0.25, -0.2) is 0 Å². The quantitative estimate of drug-likeness (QED) is 0.416. The molecular weight excluding hydrogens is 156 g/mol. The summed E-state index contributed by atoms with van der Waals surface area (Å²) in [6.07, 6.45) is 0. The minimum absolute atomic E-state index is 0.0440. The number of hydrogen-bond acceptors (Lipinski definition) is 3. The number of rotatable bonds is 1. The number of hydrogen-bond donors (Lipinski definition) is 3. The molecular formula is C8H10N2O2. The second-order valence-corrected chi connectivity index (χ2v) is 2.55. The zero-order valence-electron chi connectivity index (χ0n) is 6.66. The molecule has 0 atom stereocenters. The van der Waals surface area contributed by atoms with Gasteiger partial charge in [0, 0.05) is 0 Å². The lowest BCUT2D eigenvalue weighted by Gasteiger charge is -2.06. The normalized spacial score (nSPS) is 9.75. The summed E-state index contributed by atoms with van der Waals surface area (Å²) >= 11 is 0. The molecule has 4 nitrogen and oxygen atoms in total. The fourth-order valence-corrected chi connectivity index (χ4v) is 1.04. The van der Waals surface area contributed by atoms with Gasteiger partial charge in [-0.2, -0.15) is 0 Å². The van der Waals surface area contributed by atoms with Crippen LogP contribution in [-0.2, 0) is 0 Å². The third-order valence-electron chi connectivity index (χ3n) is 1.68. The molecule has 0 heterocycles. The number of phenols is 1. The Kier molecular flexibility index (Phi) is 1.91. The number of benzene rings is 1. The molecule has 5 N–H and O–H groups in total. The van der Waals surface area contributed by atoms with Crippen molar-refractivity contribution in [1.82, 2.24) is 0 Å². The van der Waals surface area contributed by atoms with Gasteiger partial charge in [0.15, 0.2) is 0 Å². The first-order valence-electron chi connectivity index (χ1n) is 3.42. The predicted octanol–water partition coefficient (Wildman–Crippen LogP) is 0.382. The van der Waals surface area contributed by atoms with E-state index in [1.54, 1.807) is 13.0 Å². The molecule has 0 saturated heterocycles. The van der Waals surface area contributed by atoms with Crippen LogP contribution in [0.5, 0.6) is 5.75 Å². The number of amides is 1. The van der Waals surface area contributed by atoms with E-state index in [4.69, 9.17) is 16.6 Å². The van der Waals surface area contributed by atoms with E-state index < -0.39 is 5.91 Å². The lowest BCUT2D eigenvalue weighted by molar-refractivity contribution is 0.100. The SMILES string of the molecule is Cc1ccc(O)c(N)c1C(N)=O. The summed E-state index contributed by atoms with van der Waals surface area (Å²) in [4.78, 5) is 10.8. The van der Waals surface area contributed by atoms with E-state index in [0.717, 1.165) is 0 Å². The van der Waals surface area contributed by atoms with Gasteiger partial charge in [0.25, 0.3) is 5.91 Å². The van der Waals surface area contributed by atoms with Crippen molar-refractivity contribution >= 4 is 11.6 Å². The smallest absolute Gasteiger partial charge is 0.251 e. The molecule has 0 aliphatic heterocycles. The van der Waals surface area contributed by atoms with E-state index in [-0.39, 0.29) is 17.0 Å². The molecule has 1 aromatic carbocycles. The fourth-order valence-electron chi connectivity index (χ4n) is 1.04. The third-order valence-corrected chi connectivity index (χ3v) is 1.68. The Labute approximate surface area is 69.8 Å². The van der Waals surface area contributed by atoms with Crippen molar-refractivity contribution in [1.29, 1.82) is 0 Å². The van der Waals surface area contributed by atoms with Crippen molar-refractivity contribution in [3.05, 3.63) is 23.3 Å². The summed E-state index contributed by atoms with van der Waals surface area (Å²) in [5.74, 6) is -0.740. The highest BCUT2D eigenvalue weighted by Crippen LogP contribution is 2.25. The maximum atomic E-state index is 10.8. The van der Waals surface area contributed by atoms with Crippen LogP contribution in [0, 0.1) is 6.92 Å². The van der Waals surface area contributed by atoms with Crippen LogP contribution in [0.2, 0.25) is 0 Å². The fraction of sp³-hybridized carbons (Fsp3) is 0.125. The topological polar surface area (TPSA) is 89.3 Å². The number of aromatic hydroxyl groups is 1. The van der Waals surface area contributed by atoms with Crippen molar-refractivity contribution in [2.75, 3.05) is 5.73 Å². The second-order valence-electron chi connectivity index (χ2n) is 2.55. The van der Waals surface area contributed by atoms with Gasteiger partial charge in [-0.15, -0.1) is 0 Å². The summed E-state index contributed by atoms with van der Waals surface area (Å²) in [5, 5.41) is 9.14. The lowest BCUT2D eigenvalue weighted by atomic mass is 10.1. The molecule has 0 bridgehead atoms. The van der Waals surface area contributed by atoms with E-state index in [1.165, 1.54) is 6.07 Å². The van der Waals surface area contributed by atoms with Gasteiger partial charge in [0.05, 0.1) is 11.3 Å². The average Bonchev–Trinajstić information content (AvgIpc) is 1.97. The zero-order chi connectivity index (χ0) is 9.30. The molecule has 12 heavy (non-hydrogen) atoms. The molecule has 0 radical (unpaired) electrons. The molecule has 0 aliphatic rings. The lowest BCUT2D eigenvalue weighted by Crippen LogP contribution is -2.15. The highest BCUT2D eigenvalue weighted by Gasteiger charge is 2.11. The van der Waals surface area contributed by atoms with Crippen LogP contribution in [0.25, 0.3) is 0 Å². The number of primary amides is 1. The molecule has 4 heteroatoms. The first-order valence-corrected chi connectivity index (χ1v) is 3.42. The molecule has 1 aromatic rings. The summed E-state index contributed by atoms with van der Waals surface area (Å²) in [5.41, 5.74) is 11.4. The van der Waals surface area contributed by atoms with Crippen LogP contribution in [0.1, 0.15) is 15.9 Å². The highest BCUT2D eigenvalue weighted by atomic mass is 16.3. The molecule has 0 spiro atoms. The van der Waals surface area contributed by atoms with E-state index in [0.29, 0.717) is 5.56 Å². The standard InChI is InChI=1S/C8H10N2O2/c1-4-2-3-5(11)7(9)6(4)8(10)12/h2-3,11H,9H2,1H3,(H2,10,12). The summed E-state index contributed by atoms with van der Waals surface area (Å²) in [7, 11) is 0. The Balaban J connectivity index is 3.43. The number of nitrogen functional groups attached to an aromatic ring is 1. The number of phenolic OH excluding ortho intramolecular Hbond substituents is 1. The van der Waals surface area contributed by atoms with Crippen LogP contribution in [-0.4, -0.2) is 11.0 Å². The largest absolute Gasteiger partial charge is 0.506 e. The molecule has 0 saturated carbocycles. The molecule has 0 unspecified atom stereocenters. The maximum absolute atomic E-state index is 10.8. The van der Waals surface area contributed by atoms with E-state index in [1.807, 2.05) is 0 Å². The van der Waals surface area contributed by atoms with Gasteiger partial charge in [0.1, 0.15) is 5.75 Å². The van der Waals surface area contributed by atoms with E-state index >= 15 is 0 Å². The maximum Gasteiger partial charge on any atom is 0.251 e. The number of nitrogens with two attached hydrogens (primary N) is 2. The first kappa shape index (κ1) is 8.39. The Bertz CT molecular complexity index is 334. The van der Waals surface area contributed by atoms with E-state index in [2.05, 4.69) is 0 Å². The van der Waals surface area contributed by atoms with Gasteiger partial charge >= 0.3 is 0 Å². The Morgan fingerprint density at radius 3 is 2.50 bits per heavy atom. The molecule has 0 fully saturated rings. The van der Waals surface area contributed by atoms with Crippen molar-refractivity contribution in [3.63, 3.8) is 0 Å². The van der Waals surface area contributed by atoms with Crippen molar-refractivity contribution in [2.45, 2.75) is 6.92 Å². The molecule has 64 valence electrons. The number of carbonyl (C=O) groups excluding carboxylic acids is 1. The zero-order valence-corrected chi connectivity index (χ0v) is 6.66. The predicted molar refractivity (Wildman–Crippen MR) is 45.8 cm³/mol. The van der Waals surface area contributed by atoms with Gasteiger partial charge in [-0.1, -0.05) is 6.07 Å². The highest BCUT2D eigenvalue weighted by molar-refractivity contribution is 6.00. The van der Waals surface area contributed by atoms with Gasteiger partial charge in [0.2, 0.25) is 0 Å². The number of aryl methyl sites for hydroxylation is 1. The summed E-state index contributed by atoms with van der Waals surface area (Å²) < 4.78 is 0. The Morgan fingerprint density at radius 1 is 1.50 bits per heavy atom. The van der Waals surface area contributed by atoms with Gasteiger partial charge in [-0.3, -0.25) is 4.79 Å². The number of anilines is 1. The average molecular weight is 166 g/mol. The summed E-state index contributed by atoms with van der Waals surface area (Å²) in [6.45, 7) is 1.70.